The third-order valence-corrected chi connectivity index (χ3v) is 4.02. The fourth-order valence-electron chi connectivity index (χ4n) is 3.03. The van der Waals surface area contributed by atoms with Gasteiger partial charge in [0, 0.05) is 30.3 Å². The van der Waals surface area contributed by atoms with Gasteiger partial charge in [-0.15, -0.1) is 0 Å². The summed E-state index contributed by atoms with van der Waals surface area (Å²) in [5.41, 5.74) is 3.48. The molecule has 1 aliphatic carbocycles. The third-order valence-electron chi connectivity index (χ3n) is 4.02. The molecule has 0 spiro atoms. The van der Waals surface area contributed by atoms with Crippen LogP contribution in [0.3, 0.4) is 0 Å². The average Bonchev–Trinajstić information content (AvgIpc) is 2.82. The van der Waals surface area contributed by atoms with Gasteiger partial charge >= 0.3 is 0 Å². The number of pyridine rings is 1. The van der Waals surface area contributed by atoms with Gasteiger partial charge in [0.15, 0.2) is 5.78 Å². The van der Waals surface area contributed by atoms with Crippen molar-refractivity contribution in [1.82, 2.24) is 14.3 Å². The molecule has 0 N–H and O–H groups in total. The number of rotatable bonds is 3. The van der Waals surface area contributed by atoms with Crippen molar-refractivity contribution in [1.29, 1.82) is 0 Å². The second-order valence-corrected chi connectivity index (χ2v) is 5.49. The lowest BCUT2D eigenvalue weighted by atomic mass is 9.94. The zero-order valence-corrected chi connectivity index (χ0v) is 12.4. The number of hydrogen-bond donors (Lipinski definition) is 0. The molecule has 2 aromatic heterocycles. The van der Waals surface area contributed by atoms with Crippen molar-refractivity contribution in [3.8, 4) is 0 Å². The minimum absolute atomic E-state index is 0.0510. The molecule has 0 fully saturated rings. The number of aryl methyl sites for hydroxylation is 2. The van der Waals surface area contributed by atoms with Crippen LogP contribution < -0.4 is 5.56 Å². The number of fused-ring (bicyclic) bond motifs is 1. The van der Waals surface area contributed by atoms with Crippen molar-refractivity contribution >= 4 is 5.78 Å². The second kappa shape index (κ2) is 5.31. The van der Waals surface area contributed by atoms with Gasteiger partial charge in [-0.3, -0.25) is 14.3 Å². The van der Waals surface area contributed by atoms with E-state index < -0.39 is 0 Å². The van der Waals surface area contributed by atoms with Crippen LogP contribution in [-0.4, -0.2) is 20.1 Å². The molecular formula is C16H19N3O2. The highest BCUT2D eigenvalue weighted by Gasteiger charge is 2.21. The highest BCUT2D eigenvalue weighted by atomic mass is 16.1. The highest BCUT2D eigenvalue weighted by molar-refractivity contribution is 5.97. The van der Waals surface area contributed by atoms with Crippen LogP contribution in [0.25, 0.3) is 0 Å². The number of aromatic nitrogens is 3. The molecule has 5 heteroatoms. The van der Waals surface area contributed by atoms with Crippen molar-refractivity contribution in [2.24, 2.45) is 0 Å². The maximum Gasteiger partial charge on any atom is 0.251 e. The van der Waals surface area contributed by atoms with E-state index in [2.05, 4.69) is 5.10 Å². The van der Waals surface area contributed by atoms with E-state index in [1.807, 2.05) is 24.6 Å². The number of nitrogens with zero attached hydrogens (tertiary/aromatic N) is 3. The lowest BCUT2D eigenvalue weighted by molar-refractivity contribution is 0.0970. The molecule has 0 aromatic carbocycles. The SMILES string of the molecule is CCn1nc(C)cc1Cn1c2c(ccc1=O)C(=O)CCC2. The van der Waals surface area contributed by atoms with E-state index in [0.29, 0.717) is 18.5 Å². The summed E-state index contributed by atoms with van der Waals surface area (Å²) in [4.78, 5) is 24.2. The minimum Gasteiger partial charge on any atom is -0.306 e. The summed E-state index contributed by atoms with van der Waals surface area (Å²) in [6.07, 6.45) is 2.19. The largest absolute Gasteiger partial charge is 0.306 e. The Bertz CT molecular complexity index is 755. The fourth-order valence-corrected chi connectivity index (χ4v) is 3.03. The van der Waals surface area contributed by atoms with Crippen molar-refractivity contribution in [2.75, 3.05) is 0 Å². The normalized spacial score (nSPS) is 14.3. The van der Waals surface area contributed by atoms with Crippen molar-refractivity contribution in [3.05, 3.63) is 51.2 Å². The lowest BCUT2D eigenvalue weighted by Gasteiger charge is -2.20. The summed E-state index contributed by atoms with van der Waals surface area (Å²) in [5.74, 6) is 0.144. The Morgan fingerprint density at radius 3 is 2.81 bits per heavy atom. The van der Waals surface area contributed by atoms with Crippen LogP contribution >= 0.6 is 0 Å². The van der Waals surface area contributed by atoms with E-state index in [-0.39, 0.29) is 11.3 Å². The Kier molecular flexibility index (Phi) is 3.49. The Labute approximate surface area is 123 Å². The lowest BCUT2D eigenvalue weighted by Crippen LogP contribution is -2.29. The van der Waals surface area contributed by atoms with E-state index in [9.17, 15) is 9.59 Å². The standard InChI is InChI=1S/C16H19N3O2/c1-3-19-12(9-11(2)17-19)10-18-14-5-4-6-15(20)13(14)7-8-16(18)21/h7-9H,3-6,10H2,1-2H3. The molecule has 1 aliphatic rings. The Morgan fingerprint density at radius 1 is 1.24 bits per heavy atom. The topological polar surface area (TPSA) is 56.9 Å². The third kappa shape index (κ3) is 2.44. The van der Waals surface area contributed by atoms with Crippen molar-refractivity contribution in [3.63, 3.8) is 0 Å². The molecule has 0 aliphatic heterocycles. The summed E-state index contributed by atoms with van der Waals surface area (Å²) in [7, 11) is 0. The van der Waals surface area contributed by atoms with Gasteiger partial charge < -0.3 is 4.57 Å². The summed E-state index contributed by atoms with van der Waals surface area (Å²) in [5, 5.41) is 4.42. The number of ketones is 1. The van der Waals surface area contributed by atoms with Crippen LogP contribution in [0.4, 0.5) is 0 Å². The van der Waals surface area contributed by atoms with Gasteiger partial charge in [0.05, 0.1) is 17.9 Å². The van der Waals surface area contributed by atoms with Crippen LogP contribution in [0.15, 0.2) is 23.0 Å². The maximum atomic E-state index is 12.2. The zero-order chi connectivity index (χ0) is 15.0. The fraction of sp³-hybridized carbons (Fsp3) is 0.438. The number of carbonyl (C=O) groups is 1. The number of hydrogen-bond acceptors (Lipinski definition) is 3. The predicted molar refractivity (Wildman–Crippen MR) is 79.7 cm³/mol. The molecule has 0 atom stereocenters. The second-order valence-electron chi connectivity index (χ2n) is 5.49. The van der Waals surface area contributed by atoms with Crippen LogP contribution in [0, 0.1) is 6.92 Å². The predicted octanol–water partition coefficient (Wildman–Crippen LogP) is 1.94. The first-order valence-electron chi connectivity index (χ1n) is 7.39. The zero-order valence-electron chi connectivity index (χ0n) is 12.4. The molecule has 0 radical (unpaired) electrons. The van der Waals surface area contributed by atoms with E-state index in [1.165, 1.54) is 6.07 Å². The van der Waals surface area contributed by atoms with Gasteiger partial charge in [0.1, 0.15) is 0 Å². The van der Waals surface area contributed by atoms with E-state index in [0.717, 1.165) is 36.5 Å². The first-order valence-corrected chi connectivity index (χ1v) is 7.39. The van der Waals surface area contributed by atoms with Gasteiger partial charge in [0.25, 0.3) is 5.56 Å². The van der Waals surface area contributed by atoms with Crippen LogP contribution in [0.1, 0.15) is 47.2 Å². The molecule has 0 unspecified atom stereocenters. The quantitative estimate of drug-likeness (QED) is 0.866. The molecule has 2 heterocycles. The monoisotopic (exact) mass is 285 g/mol. The van der Waals surface area contributed by atoms with Gasteiger partial charge in [-0.1, -0.05) is 0 Å². The van der Waals surface area contributed by atoms with E-state index in [1.54, 1.807) is 10.6 Å². The van der Waals surface area contributed by atoms with E-state index in [4.69, 9.17) is 0 Å². The maximum absolute atomic E-state index is 12.2. The van der Waals surface area contributed by atoms with Crippen LogP contribution in [-0.2, 0) is 19.5 Å². The van der Waals surface area contributed by atoms with Crippen LogP contribution in [0.2, 0.25) is 0 Å². The summed E-state index contributed by atoms with van der Waals surface area (Å²) in [6.45, 7) is 5.22. The molecule has 0 amide bonds. The molecular weight excluding hydrogens is 266 g/mol. The van der Waals surface area contributed by atoms with E-state index >= 15 is 0 Å². The summed E-state index contributed by atoms with van der Waals surface area (Å²) < 4.78 is 3.64. The molecule has 0 bridgehead atoms. The first-order chi connectivity index (χ1) is 10.1. The molecule has 0 saturated carbocycles. The highest BCUT2D eigenvalue weighted by Crippen LogP contribution is 2.20. The van der Waals surface area contributed by atoms with Crippen molar-refractivity contribution < 1.29 is 4.79 Å². The summed E-state index contributed by atoms with van der Waals surface area (Å²) >= 11 is 0. The Hall–Kier alpha value is -2.17. The molecule has 21 heavy (non-hydrogen) atoms. The first kappa shape index (κ1) is 13.8. The Morgan fingerprint density at radius 2 is 2.05 bits per heavy atom. The number of Topliss-reactive ketones (excluding diaryl/α,β-unsaturated/α-hetero) is 1. The molecule has 2 aromatic rings. The minimum atomic E-state index is -0.0510. The molecule has 3 rings (SSSR count). The molecule has 110 valence electrons. The smallest absolute Gasteiger partial charge is 0.251 e. The molecule has 0 saturated heterocycles. The molecule has 5 nitrogen and oxygen atoms in total. The van der Waals surface area contributed by atoms with Crippen molar-refractivity contribution in [2.45, 2.75) is 46.2 Å². The Balaban J connectivity index is 2.08. The van der Waals surface area contributed by atoms with Gasteiger partial charge in [-0.05, 0) is 38.8 Å². The average molecular weight is 285 g/mol. The number of carbonyl (C=O) groups excluding carboxylic acids is 1. The van der Waals surface area contributed by atoms with Gasteiger partial charge in [-0.2, -0.15) is 5.10 Å². The summed E-state index contributed by atoms with van der Waals surface area (Å²) in [6, 6.07) is 5.18. The van der Waals surface area contributed by atoms with Gasteiger partial charge in [0.2, 0.25) is 0 Å². The van der Waals surface area contributed by atoms with Gasteiger partial charge in [-0.25, -0.2) is 0 Å². The van der Waals surface area contributed by atoms with Crippen LogP contribution in [0.5, 0.6) is 0 Å².